The second kappa shape index (κ2) is 7.65. The number of nitrogens with one attached hydrogen (secondary N) is 1. The van der Waals surface area contributed by atoms with E-state index >= 15 is 0 Å². The topological polar surface area (TPSA) is 59.3 Å². The Balaban J connectivity index is 1.46. The highest BCUT2D eigenvalue weighted by Gasteiger charge is 2.14. The van der Waals surface area contributed by atoms with Crippen molar-refractivity contribution in [1.82, 2.24) is 19.9 Å². The summed E-state index contributed by atoms with van der Waals surface area (Å²) in [6.45, 7) is 0.341. The van der Waals surface area contributed by atoms with E-state index in [1.165, 1.54) is 35.6 Å². The van der Waals surface area contributed by atoms with Crippen LogP contribution in [0, 0.1) is 11.6 Å². The first-order valence-corrected chi connectivity index (χ1v) is 9.59. The highest BCUT2D eigenvalue weighted by molar-refractivity contribution is 7.15. The maximum atomic E-state index is 13.4. The molecule has 142 valence electrons. The summed E-state index contributed by atoms with van der Waals surface area (Å²) in [5.41, 5.74) is 1.68. The molecule has 0 fully saturated rings. The molecule has 0 aliphatic heterocycles. The van der Waals surface area contributed by atoms with Crippen molar-refractivity contribution in [3.05, 3.63) is 75.8 Å². The lowest BCUT2D eigenvalue weighted by molar-refractivity contribution is 0.0954. The zero-order valence-corrected chi connectivity index (χ0v) is 15.9. The highest BCUT2D eigenvalue weighted by atomic mass is 35.5. The normalized spacial score (nSPS) is 11.1. The summed E-state index contributed by atoms with van der Waals surface area (Å²) >= 11 is 7.32. The average molecular weight is 419 g/mol. The van der Waals surface area contributed by atoms with Gasteiger partial charge >= 0.3 is 0 Å². The molecule has 2 aromatic heterocycles. The lowest BCUT2D eigenvalue weighted by atomic mass is 10.2. The van der Waals surface area contributed by atoms with Gasteiger partial charge in [0.25, 0.3) is 5.91 Å². The molecular weight excluding hydrogens is 406 g/mol. The van der Waals surface area contributed by atoms with Crippen LogP contribution in [0.5, 0.6) is 0 Å². The number of halogens is 3. The van der Waals surface area contributed by atoms with Crippen LogP contribution in [0.25, 0.3) is 16.3 Å². The van der Waals surface area contributed by atoms with Gasteiger partial charge in [0.1, 0.15) is 11.6 Å². The number of hydrogen-bond acceptors (Lipinski definition) is 4. The summed E-state index contributed by atoms with van der Waals surface area (Å²) in [4.78, 5) is 17.3. The number of fused-ring (bicyclic) bond motifs is 1. The number of thiazole rings is 1. The SMILES string of the molecule is O=C(NCCc1csc2nc(-c3cccc(F)c3)nn12)c1ccc(F)cc1Cl. The van der Waals surface area contributed by atoms with Crippen LogP contribution in [0.3, 0.4) is 0 Å². The van der Waals surface area contributed by atoms with Gasteiger partial charge in [-0.25, -0.2) is 13.3 Å². The zero-order chi connectivity index (χ0) is 19.7. The second-order valence-corrected chi connectivity index (χ2v) is 7.24. The Labute approximate surface area is 167 Å². The smallest absolute Gasteiger partial charge is 0.252 e. The average Bonchev–Trinajstić information content (AvgIpc) is 3.23. The molecule has 0 bridgehead atoms. The summed E-state index contributed by atoms with van der Waals surface area (Å²) in [6.07, 6.45) is 0.510. The van der Waals surface area contributed by atoms with Gasteiger partial charge in [-0.15, -0.1) is 16.4 Å². The molecule has 0 aliphatic carbocycles. The Hall–Kier alpha value is -2.84. The second-order valence-electron chi connectivity index (χ2n) is 6.00. The van der Waals surface area contributed by atoms with Gasteiger partial charge in [-0.1, -0.05) is 23.7 Å². The number of carbonyl (C=O) groups excluding carboxylic acids is 1. The minimum Gasteiger partial charge on any atom is -0.352 e. The van der Waals surface area contributed by atoms with Gasteiger partial charge in [0, 0.05) is 23.9 Å². The predicted molar refractivity (Wildman–Crippen MR) is 104 cm³/mol. The molecule has 0 aliphatic rings. The third-order valence-electron chi connectivity index (χ3n) is 4.08. The van der Waals surface area contributed by atoms with Crippen LogP contribution in [0.1, 0.15) is 16.1 Å². The van der Waals surface area contributed by atoms with Crippen molar-refractivity contribution in [1.29, 1.82) is 0 Å². The molecule has 0 saturated carbocycles. The van der Waals surface area contributed by atoms with Gasteiger partial charge in [-0.2, -0.15) is 4.98 Å². The fourth-order valence-corrected chi connectivity index (χ4v) is 3.83. The number of benzene rings is 2. The van der Waals surface area contributed by atoms with Crippen molar-refractivity contribution >= 4 is 33.8 Å². The van der Waals surface area contributed by atoms with E-state index in [9.17, 15) is 13.6 Å². The van der Waals surface area contributed by atoms with Crippen LogP contribution >= 0.6 is 22.9 Å². The number of hydrogen-bond donors (Lipinski definition) is 1. The molecule has 4 aromatic rings. The van der Waals surface area contributed by atoms with E-state index in [2.05, 4.69) is 15.4 Å². The fourth-order valence-electron chi connectivity index (χ4n) is 2.72. The molecule has 1 N–H and O–H groups in total. The van der Waals surface area contributed by atoms with Gasteiger partial charge in [0.15, 0.2) is 5.82 Å². The molecule has 4 rings (SSSR count). The molecule has 9 heteroatoms. The Morgan fingerprint density at radius 3 is 2.79 bits per heavy atom. The zero-order valence-electron chi connectivity index (χ0n) is 14.3. The van der Waals surface area contributed by atoms with Crippen LogP contribution < -0.4 is 5.32 Å². The standard InChI is InChI=1S/C19H13ClF2N4OS/c20-16-9-13(22)4-5-15(16)18(27)23-7-6-14-10-28-19-24-17(25-26(14)19)11-2-1-3-12(21)8-11/h1-5,8-10H,6-7H2,(H,23,27). The summed E-state index contributed by atoms with van der Waals surface area (Å²) < 4.78 is 28.2. The van der Waals surface area contributed by atoms with Crippen LogP contribution in [-0.2, 0) is 6.42 Å². The largest absolute Gasteiger partial charge is 0.352 e. The van der Waals surface area contributed by atoms with Crippen LogP contribution in [0.2, 0.25) is 5.02 Å². The van der Waals surface area contributed by atoms with E-state index in [1.54, 1.807) is 16.6 Å². The number of rotatable bonds is 5. The first kappa shape index (κ1) is 18.5. The number of amides is 1. The highest BCUT2D eigenvalue weighted by Crippen LogP contribution is 2.22. The number of nitrogens with zero attached hydrogens (tertiary/aromatic N) is 3. The lowest BCUT2D eigenvalue weighted by Gasteiger charge is -2.06. The van der Waals surface area contributed by atoms with Crippen molar-refractivity contribution in [2.24, 2.45) is 0 Å². The molecule has 5 nitrogen and oxygen atoms in total. The van der Waals surface area contributed by atoms with Gasteiger partial charge in [0.05, 0.1) is 16.3 Å². The summed E-state index contributed by atoms with van der Waals surface area (Å²) in [7, 11) is 0. The first-order chi connectivity index (χ1) is 13.5. The molecular formula is C19H13ClF2N4OS. The molecule has 0 saturated heterocycles. The number of aromatic nitrogens is 3. The predicted octanol–water partition coefficient (Wildman–Crippen LogP) is 4.36. The number of carbonyl (C=O) groups is 1. The summed E-state index contributed by atoms with van der Waals surface area (Å²) in [5.74, 6) is -0.786. The third kappa shape index (κ3) is 3.74. The first-order valence-electron chi connectivity index (χ1n) is 8.33. The van der Waals surface area contributed by atoms with Gasteiger partial charge in [-0.3, -0.25) is 4.79 Å². The van der Waals surface area contributed by atoms with Crippen molar-refractivity contribution in [3.8, 4) is 11.4 Å². The van der Waals surface area contributed by atoms with E-state index in [0.29, 0.717) is 29.3 Å². The molecule has 2 heterocycles. The molecule has 0 atom stereocenters. The van der Waals surface area contributed by atoms with Crippen molar-refractivity contribution < 1.29 is 13.6 Å². The minimum absolute atomic E-state index is 0.0615. The molecule has 2 aromatic carbocycles. The van der Waals surface area contributed by atoms with E-state index in [1.807, 2.05) is 5.38 Å². The lowest BCUT2D eigenvalue weighted by Crippen LogP contribution is -2.26. The van der Waals surface area contributed by atoms with Gasteiger partial charge < -0.3 is 5.32 Å². The van der Waals surface area contributed by atoms with Crippen LogP contribution in [-0.4, -0.2) is 27.0 Å². The van der Waals surface area contributed by atoms with E-state index in [4.69, 9.17) is 11.6 Å². The Morgan fingerprint density at radius 2 is 2.00 bits per heavy atom. The maximum absolute atomic E-state index is 13.4. The Kier molecular flexibility index (Phi) is 5.06. The summed E-state index contributed by atoms with van der Waals surface area (Å²) in [6, 6.07) is 9.73. The van der Waals surface area contributed by atoms with E-state index in [-0.39, 0.29) is 22.3 Å². The van der Waals surface area contributed by atoms with Crippen molar-refractivity contribution in [2.45, 2.75) is 6.42 Å². The molecule has 0 unspecified atom stereocenters. The third-order valence-corrected chi connectivity index (χ3v) is 5.25. The van der Waals surface area contributed by atoms with E-state index in [0.717, 1.165) is 11.8 Å². The molecule has 1 amide bonds. The van der Waals surface area contributed by atoms with Gasteiger partial charge in [0.2, 0.25) is 4.96 Å². The van der Waals surface area contributed by atoms with Crippen molar-refractivity contribution in [3.63, 3.8) is 0 Å². The maximum Gasteiger partial charge on any atom is 0.252 e. The fraction of sp³-hybridized carbons (Fsp3) is 0.105. The quantitative estimate of drug-likeness (QED) is 0.524. The van der Waals surface area contributed by atoms with E-state index < -0.39 is 5.82 Å². The van der Waals surface area contributed by atoms with Crippen LogP contribution in [0.4, 0.5) is 8.78 Å². The van der Waals surface area contributed by atoms with Gasteiger partial charge in [-0.05, 0) is 30.3 Å². The molecule has 28 heavy (non-hydrogen) atoms. The molecule has 0 spiro atoms. The Morgan fingerprint density at radius 1 is 1.18 bits per heavy atom. The monoisotopic (exact) mass is 418 g/mol. The minimum atomic E-state index is -0.498. The summed E-state index contributed by atoms with van der Waals surface area (Å²) in [5, 5.41) is 9.16. The van der Waals surface area contributed by atoms with Crippen molar-refractivity contribution in [2.75, 3.05) is 6.54 Å². The van der Waals surface area contributed by atoms with Crippen LogP contribution in [0.15, 0.2) is 47.8 Å². The Bertz CT molecular complexity index is 1170. The molecule has 0 radical (unpaired) electrons.